The number of aromatic nitrogens is 1. The third-order valence-electron chi connectivity index (χ3n) is 2.82. The molecule has 1 aromatic carbocycles. The number of hydrogen-bond donors (Lipinski definition) is 2. The summed E-state index contributed by atoms with van der Waals surface area (Å²) in [6, 6.07) is 8.03. The summed E-state index contributed by atoms with van der Waals surface area (Å²) >= 11 is 0. The highest BCUT2D eigenvalue weighted by atomic mass is 16.1. The molecule has 2 rings (SSSR count). The molecule has 1 aromatic heterocycles. The van der Waals surface area contributed by atoms with Gasteiger partial charge in [-0.15, -0.1) is 0 Å². The molecule has 0 radical (unpaired) electrons. The fraction of sp³-hybridized carbons (Fsp3) is 0.357. The molecule has 3 nitrogen and oxygen atoms in total. The van der Waals surface area contributed by atoms with Gasteiger partial charge in [-0.2, -0.15) is 0 Å². The lowest BCUT2D eigenvalue weighted by molar-refractivity contribution is 0.671. The molecular weight excluding hydrogens is 212 g/mol. The molecule has 0 fully saturated rings. The van der Waals surface area contributed by atoms with E-state index < -0.39 is 0 Å². The Balaban J connectivity index is 2.36. The molecule has 0 bridgehead atoms. The monoisotopic (exact) mass is 230 g/mol. The van der Waals surface area contributed by atoms with Crippen molar-refractivity contribution >= 4 is 10.9 Å². The van der Waals surface area contributed by atoms with Crippen LogP contribution in [0.25, 0.3) is 10.9 Å². The van der Waals surface area contributed by atoms with Gasteiger partial charge in [0, 0.05) is 17.6 Å². The third-order valence-corrected chi connectivity index (χ3v) is 2.82. The third kappa shape index (κ3) is 2.74. The Hall–Kier alpha value is -1.61. The first kappa shape index (κ1) is 11.9. The van der Waals surface area contributed by atoms with E-state index in [2.05, 4.69) is 30.2 Å². The molecule has 1 heterocycles. The summed E-state index contributed by atoms with van der Waals surface area (Å²) in [6.07, 6.45) is 1.07. The number of rotatable bonds is 4. The smallest absolute Gasteiger partial charge is 0.252 e. The summed E-state index contributed by atoms with van der Waals surface area (Å²) in [4.78, 5) is 14.7. The summed E-state index contributed by atoms with van der Waals surface area (Å²) in [7, 11) is 0. The van der Waals surface area contributed by atoms with Crippen molar-refractivity contribution in [1.82, 2.24) is 10.3 Å². The molecule has 0 aliphatic carbocycles. The Morgan fingerprint density at radius 1 is 1.29 bits per heavy atom. The molecule has 0 unspecified atom stereocenters. The van der Waals surface area contributed by atoms with Crippen molar-refractivity contribution in [2.75, 3.05) is 6.54 Å². The van der Waals surface area contributed by atoms with Crippen molar-refractivity contribution in [3.8, 4) is 0 Å². The van der Waals surface area contributed by atoms with Crippen molar-refractivity contribution < 1.29 is 0 Å². The molecule has 2 aromatic rings. The molecule has 2 N–H and O–H groups in total. The van der Waals surface area contributed by atoms with Gasteiger partial charge in [-0.05, 0) is 43.5 Å². The van der Waals surface area contributed by atoms with E-state index in [-0.39, 0.29) is 5.56 Å². The highest BCUT2D eigenvalue weighted by Crippen LogP contribution is 2.12. The normalized spacial score (nSPS) is 10.9. The zero-order valence-electron chi connectivity index (χ0n) is 10.3. The lowest BCUT2D eigenvalue weighted by Gasteiger charge is -2.05. The largest absolute Gasteiger partial charge is 0.322 e. The van der Waals surface area contributed by atoms with Gasteiger partial charge in [0.15, 0.2) is 0 Å². The van der Waals surface area contributed by atoms with Crippen molar-refractivity contribution in [2.24, 2.45) is 0 Å². The average molecular weight is 230 g/mol. The second-order valence-corrected chi connectivity index (χ2v) is 4.39. The predicted octanol–water partition coefficient (Wildman–Crippen LogP) is 2.34. The Morgan fingerprint density at radius 2 is 2.12 bits per heavy atom. The van der Waals surface area contributed by atoms with Gasteiger partial charge in [0.25, 0.3) is 5.56 Å². The SMILES string of the molecule is CCCNCc1cc2cc(C)ccc2[nH]c1=O. The highest BCUT2D eigenvalue weighted by molar-refractivity contribution is 5.79. The molecule has 0 aliphatic heterocycles. The number of benzene rings is 1. The lowest BCUT2D eigenvalue weighted by atomic mass is 10.1. The fourth-order valence-corrected chi connectivity index (χ4v) is 1.90. The molecule has 0 amide bonds. The number of nitrogens with one attached hydrogen (secondary N) is 2. The van der Waals surface area contributed by atoms with Crippen molar-refractivity contribution in [2.45, 2.75) is 26.8 Å². The van der Waals surface area contributed by atoms with E-state index in [1.165, 1.54) is 5.56 Å². The predicted molar refractivity (Wildman–Crippen MR) is 71.3 cm³/mol. The quantitative estimate of drug-likeness (QED) is 0.792. The first-order valence-corrected chi connectivity index (χ1v) is 6.04. The molecule has 0 saturated heterocycles. The van der Waals surface area contributed by atoms with Crippen LogP contribution in [-0.2, 0) is 6.54 Å². The van der Waals surface area contributed by atoms with Crippen LogP contribution in [-0.4, -0.2) is 11.5 Å². The molecule has 0 aliphatic rings. The van der Waals surface area contributed by atoms with Gasteiger partial charge in [0.1, 0.15) is 0 Å². The number of aromatic amines is 1. The topological polar surface area (TPSA) is 44.9 Å². The van der Waals surface area contributed by atoms with Crippen LogP contribution < -0.4 is 10.9 Å². The minimum Gasteiger partial charge on any atom is -0.322 e. The number of H-pyrrole nitrogens is 1. The highest BCUT2D eigenvalue weighted by Gasteiger charge is 2.02. The van der Waals surface area contributed by atoms with Gasteiger partial charge in [-0.25, -0.2) is 0 Å². The second-order valence-electron chi connectivity index (χ2n) is 4.39. The van der Waals surface area contributed by atoms with E-state index in [0.717, 1.165) is 29.4 Å². The van der Waals surface area contributed by atoms with Crippen molar-refractivity contribution in [3.63, 3.8) is 0 Å². The van der Waals surface area contributed by atoms with Gasteiger partial charge in [0.05, 0.1) is 0 Å². The van der Waals surface area contributed by atoms with Gasteiger partial charge in [-0.3, -0.25) is 4.79 Å². The first-order chi connectivity index (χ1) is 8.20. The van der Waals surface area contributed by atoms with Crippen LogP contribution in [0.3, 0.4) is 0 Å². The summed E-state index contributed by atoms with van der Waals surface area (Å²) < 4.78 is 0. The molecule has 0 spiro atoms. The first-order valence-electron chi connectivity index (χ1n) is 6.04. The van der Waals surface area contributed by atoms with Crippen LogP contribution in [0.1, 0.15) is 24.5 Å². The van der Waals surface area contributed by atoms with Gasteiger partial charge < -0.3 is 10.3 Å². The second kappa shape index (κ2) is 5.15. The van der Waals surface area contributed by atoms with E-state index >= 15 is 0 Å². The van der Waals surface area contributed by atoms with Crippen molar-refractivity contribution in [3.05, 3.63) is 45.7 Å². The zero-order valence-corrected chi connectivity index (χ0v) is 10.3. The molecule has 17 heavy (non-hydrogen) atoms. The Kier molecular flexibility index (Phi) is 3.59. The molecule has 0 saturated carbocycles. The number of aryl methyl sites for hydroxylation is 1. The van der Waals surface area contributed by atoms with Crippen LogP contribution >= 0.6 is 0 Å². The maximum Gasteiger partial charge on any atom is 0.252 e. The Morgan fingerprint density at radius 3 is 2.88 bits per heavy atom. The van der Waals surface area contributed by atoms with Gasteiger partial charge in [0.2, 0.25) is 0 Å². The lowest BCUT2D eigenvalue weighted by Crippen LogP contribution is -2.21. The van der Waals surface area contributed by atoms with Crippen LogP contribution in [0.5, 0.6) is 0 Å². The number of pyridine rings is 1. The molecule has 90 valence electrons. The van der Waals surface area contributed by atoms with Crippen LogP contribution in [0.15, 0.2) is 29.1 Å². The molecule has 3 heteroatoms. The van der Waals surface area contributed by atoms with Crippen LogP contribution in [0.2, 0.25) is 0 Å². The maximum absolute atomic E-state index is 11.8. The van der Waals surface area contributed by atoms with E-state index in [9.17, 15) is 4.79 Å². The van der Waals surface area contributed by atoms with Crippen LogP contribution in [0, 0.1) is 6.92 Å². The standard InChI is InChI=1S/C14H18N2O/c1-3-6-15-9-12-8-11-7-10(2)4-5-13(11)16-14(12)17/h4-5,7-8,15H,3,6,9H2,1-2H3,(H,16,17). The van der Waals surface area contributed by atoms with Gasteiger partial charge in [-0.1, -0.05) is 18.6 Å². The maximum atomic E-state index is 11.8. The van der Waals surface area contributed by atoms with E-state index in [4.69, 9.17) is 0 Å². The van der Waals surface area contributed by atoms with Gasteiger partial charge >= 0.3 is 0 Å². The number of fused-ring (bicyclic) bond motifs is 1. The van der Waals surface area contributed by atoms with Crippen molar-refractivity contribution in [1.29, 1.82) is 0 Å². The minimum absolute atomic E-state index is 0.00459. The Bertz CT molecular complexity index is 572. The van der Waals surface area contributed by atoms with Crippen LogP contribution in [0.4, 0.5) is 0 Å². The zero-order chi connectivity index (χ0) is 12.3. The summed E-state index contributed by atoms with van der Waals surface area (Å²) in [5.41, 5.74) is 2.92. The van der Waals surface area contributed by atoms with E-state index in [1.807, 2.05) is 18.2 Å². The average Bonchev–Trinajstić information content (AvgIpc) is 2.31. The summed E-state index contributed by atoms with van der Waals surface area (Å²) in [6.45, 7) is 5.74. The molecule has 0 atom stereocenters. The minimum atomic E-state index is 0.00459. The van der Waals surface area contributed by atoms with E-state index in [1.54, 1.807) is 0 Å². The molecular formula is C14H18N2O. The summed E-state index contributed by atoms with van der Waals surface area (Å²) in [5, 5.41) is 4.35. The Labute approximate surface area is 101 Å². The summed E-state index contributed by atoms with van der Waals surface area (Å²) in [5.74, 6) is 0. The van der Waals surface area contributed by atoms with E-state index in [0.29, 0.717) is 6.54 Å². The number of hydrogen-bond acceptors (Lipinski definition) is 2. The fourth-order valence-electron chi connectivity index (χ4n) is 1.90.